The average molecular weight is 308 g/mol. The summed E-state index contributed by atoms with van der Waals surface area (Å²) in [6, 6.07) is 16.2. The molecule has 0 radical (unpaired) electrons. The maximum Gasteiger partial charge on any atom is 0.118 e. The summed E-state index contributed by atoms with van der Waals surface area (Å²) in [5, 5.41) is 0. The fourth-order valence-corrected chi connectivity index (χ4v) is 2.54. The summed E-state index contributed by atoms with van der Waals surface area (Å²) in [4.78, 5) is 7.73. The Hall–Kier alpha value is -2.75. The quantitative estimate of drug-likeness (QED) is 0.757. The fraction of sp³-hybridized carbons (Fsp3) is 0.211. The number of hydrogen-bond acceptors (Lipinski definition) is 3. The van der Waals surface area contributed by atoms with E-state index >= 15 is 0 Å². The number of benzene rings is 2. The standard InChI is InChI=1S/C19H20N2O2/c1-22-16-7-3-14(4-8-16)11-18-19(21-13-20-18)12-15-5-9-17(23-2)10-6-15/h3-10,13H,11-12H2,1-2H3,(H,20,21). The minimum absolute atomic E-state index is 0.805. The first-order chi connectivity index (χ1) is 11.3. The van der Waals surface area contributed by atoms with Gasteiger partial charge in [0.25, 0.3) is 0 Å². The third-order valence-electron chi connectivity index (χ3n) is 3.88. The number of rotatable bonds is 6. The normalized spacial score (nSPS) is 10.5. The van der Waals surface area contributed by atoms with E-state index in [0.29, 0.717) is 0 Å². The van der Waals surface area contributed by atoms with Crippen molar-refractivity contribution in [2.45, 2.75) is 12.8 Å². The van der Waals surface area contributed by atoms with Gasteiger partial charge in [0, 0.05) is 18.5 Å². The van der Waals surface area contributed by atoms with Gasteiger partial charge in [0.15, 0.2) is 0 Å². The summed E-state index contributed by atoms with van der Waals surface area (Å²) in [7, 11) is 3.35. The van der Waals surface area contributed by atoms with Crippen LogP contribution in [0.25, 0.3) is 0 Å². The third-order valence-corrected chi connectivity index (χ3v) is 3.88. The van der Waals surface area contributed by atoms with Gasteiger partial charge in [-0.1, -0.05) is 24.3 Å². The van der Waals surface area contributed by atoms with E-state index < -0.39 is 0 Å². The van der Waals surface area contributed by atoms with Crippen molar-refractivity contribution in [2.24, 2.45) is 0 Å². The fourth-order valence-electron chi connectivity index (χ4n) is 2.54. The van der Waals surface area contributed by atoms with Crippen molar-refractivity contribution in [3.63, 3.8) is 0 Å². The van der Waals surface area contributed by atoms with Crippen LogP contribution in [0.4, 0.5) is 0 Å². The molecule has 0 bridgehead atoms. The van der Waals surface area contributed by atoms with Crippen LogP contribution < -0.4 is 9.47 Å². The molecule has 23 heavy (non-hydrogen) atoms. The number of imidazole rings is 1. The van der Waals surface area contributed by atoms with Crippen LogP contribution in [0.1, 0.15) is 22.5 Å². The van der Waals surface area contributed by atoms with Crippen LogP contribution in [0, 0.1) is 0 Å². The number of H-pyrrole nitrogens is 1. The smallest absolute Gasteiger partial charge is 0.118 e. The molecular weight excluding hydrogens is 288 g/mol. The SMILES string of the molecule is COc1ccc(Cc2nc[nH]c2Cc2ccc(OC)cc2)cc1. The highest BCUT2D eigenvalue weighted by molar-refractivity contribution is 5.34. The van der Waals surface area contributed by atoms with E-state index in [9.17, 15) is 0 Å². The zero-order chi connectivity index (χ0) is 16.1. The Morgan fingerprint density at radius 1 is 0.783 bits per heavy atom. The Kier molecular flexibility index (Phi) is 4.62. The van der Waals surface area contributed by atoms with E-state index in [0.717, 1.165) is 35.7 Å². The minimum atomic E-state index is 0.805. The lowest BCUT2D eigenvalue weighted by Gasteiger charge is -2.06. The predicted octanol–water partition coefficient (Wildman–Crippen LogP) is 3.61. The molecular formula is C19H20N2O2. The van der Waals surface area contributed by atoms with Crippen LogP contribution in [-0.2, 0) is 12.8 Å². The number of methoxy groups -OCH3 is 2. The number of aromatic amines is 1. The van der Waals surface area contributed by atoms with Crippen molar-refractivity contribution >= 4 is 0 Å². The van der Waals surface area contributed by atoms with E-state index in [2.05, 4.69) is 34.2 Å². The Balaban J connectivity index is 1.73. The maximum atomic E-state index is 5.20. The molecule has 0 aliphatic heterocycles. The summed E-state index contributed by atoms with van der Waals surface area (Å²) in [6.07, 6.45) is 3.40. The lowest BCUT2D eigenvalue weighted by Crippen LogP contribution is -1.97. The first-order valence-electron chi connectivity index (χ1n) is 7.55. The highest BCUT2D eigenvalue weighted by atomic mass is 16.5. The Labute approximate surface area is 136 Å². The van der Waals surface area contributed by atoms with Crippen LogP contribution >= 0.6 is 0 Å². The van der Waals surface area contributed by atoms with Gasteiger partial charge in [-0.05, 0) is 35.4 Å². The van der Waals surface area contributed by atoms with E-state index in [1.807, 2.05) is 24.3 Å². The predicted molar refractivity (Wildman–Crippen MR) is 90.2 cm³/mol. The number of aromatic nitrogens is 2. The molecule has 3 rings (SSSR count). The second-order valence-electron chi connectivity index (χ2n) is 5.38. The zero-order valence-corrected chi connectivity index (χ0v) is 13.4. The molecule has 1 heterocycles. The van der Waals surface area contributed by atoms with Crippen molar-refractivity contribution in [3.05, 3.63) is 77.4 Å². The van der Waals surface area contributed by atoms with E-state index in [1.54, 1.807) is 20.5 Å². The van der Waals surface area contributed by atoms with E-state index in [-0.39, 0.29) is 0 Å². The summed E-state index contributed by atoms with van der Waals surface area (Å²) in [5.74, 6) is 1.74. The minimum Gasteiger partial charge on any atom is -0.497 e. The van der Waals surface area contributed by atoms with Crippen LogP contribution in [0.15, 0.2) is 54.9 Å². The van der Waals surface area contributed by atoms with Gasteiger partial charge in [-0.25, -0.2) is 4.98 Å². The molecule has 0 atom stereocenters. The molecule has 2 aromatic carbocycles. The van der Waals surface area contributed by atoms with Crippen LogP contribution in [0.3, 0.4) is 0 Å². The van der Waals surface area contributed by atoms with Gasteiger partial charge in [-0.3, -0.25) is 0 Å². The van der Waals surface area contributed by atoms with Crippen LogP contribution in [-0.4, -0.2) is 24.2 Å². The molecule has 0 saturated carbocycles. The van der Waals surface area contributed by atoms with Gasteiger partial charge in [0.1, 0.15) is 11.5 Å². The number of nitrogens with one attached hydrogen (secondary N) is 1. The lowest BCUT2D eigenvalue weighted by atomic mass is 10.0. The summed E-state index contributed by atoms with van der Waals surface area (Å²) in [5.41, 5.74) is 4.66. The molecule has 0 fully saturated rings. The third kappa shape index (κ3) is 3.72. The van der Waals surface area contributed by atoms with Gasteiger partial charge < -0.3 is 14.5 Å². The average Bonchev–Trinajstić information content (AvgIpc) is 3.03. The van der Waals surface area contributed by atoms with Crippen molar-refractivity contribution in [2.75, 3.05) is 14.2 Å². The zero-order valence-electron chi connectivity index (χ0n) is 13.4. The highest BCUT2D eigenvalue weighted by Gasteiger charge is 2.08. The van der Waals surface area contributed by atoms with E-state index in [1.165, 1.54) is 11.1 Å². The van der Waals surface area contributed by atoms with Gasteiger partial charge in [0.05, 0.1) is 26.2 Å². The Bertz CT molecular complexity index is 682. The topological polar surface area (TPSA) is 47.1 Å². The van der Waals surface area contributed by atoms with Gasteiger partial charge >= 0.3 is 0 Å². The Morgan fingerprint density at radius 2 is 1.30 bits per heavy atom. The maximum absolute atomic E-state index is 5.20. The molecule has 0 amide bonds. The second-order valence-corrected chi connectivity index (χ2v) is 5.38. The molecule has 0 spiro atoms. The van der Waals surface area contributed by atoms with Crippen molar-refractivity contribution < 1.29 is 9.47 Å². The van der Waals surface area contributed by atoms with Crippen LogP contribution in [0.5, 0.6) is 11.5 Å². The summed E-state index contributed by atoms with van der Waals surface area (Å²) in [6.45, 7) is 0. The lowest BCUT2D eigenvalue weighted by molar-refractivity contribution is 0.414. The molecule has 0 aliphatic rings. The molecule has 0 unspecified atom stereocenters. The highest BCUT2D eigenvalue weighted by Crippen LogP contribution is 2.19. The first kappa shape index (κ1) is 15.2. The molecule has 3 aromatic rings. The second kappa shape index (κ2) is 7.01. The number of hydrogen-bond donors (Lipinski definition) is 1. The molecule has 0 aliphatic carbocycles. The molecule has 118 valence electrons. The van der Waals surface area contributed by atoms with Crippen molar-refractivity contribution in [1.29, 1.82) is 0 Å². The van der Waals surface area contributed by atoms with Crippen molar-refractivity contribution in [3.8, 4) is 11.5 Å². The first-order valence-corrected chi connectivity index (χ1v) is 7.55. The summed E-state index contributed by atoms with van der Waals surface area (Å²) >= 11 is 0. The number of nitrogens with zero attached hydrogens (tertiary/aromatic N) is 1. The molecule has 4 heteroatoms. The van der Waals surface area contributed by atoms with Crippen molar-refractivity contribution in [1.82, 2.24) is 9.97 Å². The number of ether oxygens (including phenoxy) is 2. The van der Waals surface area contributed by atoms with Gasteiger partial charge in [0.2, 0.25) is 0 Å². The van der Waals surface area contributed by atoms with Crippen LogP contribution in [0.2, 0.25) is 0 Å². The largest absolute Gasteiger partial charge is 0.497 e. The molecule has 0 saturated heterocycles. The summed E-state index contributed by atoms with van der Waals surface area (Å²) < 4.78 is 10.4. The molecule has 1 aromatic heterocycles. The monoisotopic (exact) mass is 308 g/mol. The Morgan fingerprint density at radius 3 is 1.83 bits per heavy atom. The van der Waals surface area contributed by atoms with Gasteiger partial charge in [-0.15, -0.1) is 0 Å². The van der Waals surface area contributed by atoms with Gasteiger partial charge in [-0.2, -0.15) is 0 Å². The molecule has 1 N–H and O–H groups in total. The van der Waals surface area contributed by atoms with E-state index in [4.69, 9.17) is 9.47 Å². The molecule has 4 nitrogen and oxygen atoms in total.